The summed E-state index contributed by atoms with van der Waals surface area (Å²) >= 11 is 0. The first-order chi connectivity index (χ1) is 11.4. The minimum absolute atomic E-state index is 0.0149. The van der Waals surface area contributed by atoms with Crippen molar-refractivity contribution in [2.45, 2.75) is 17.7 Å². The zero-order valence-electron chi connectivity index (χ0n) is 12.8. The first kappa shape index (κ1) is 16.3. The molecule has 0 spiro atoms. The Labute approximate surface area is 139 Å². The lowest BCUT2D eigenvalue weighted by Crippen LogP contribution is -2.21. The fraction of sp³-hybridized carbons (Fsp3) is 0.267. The fourth-order valence-electron chi connectivity index (χ4n) is 2.51. The number of nitrogens with one attached hydrogen (secondary N) is 1. The number of carbonyl (C=O) groups is 1. The maximum Gasteiger partial charge on any atom is 0.274 e. The summed E-state index contributed by atoms with van der Waals surface area (Å²) in [6.45, 7) is 1.85. The van der Waals surface area contributed by atoms with E-state index in [4.69, 9.17) is 5.14 Å². The maximum absolute atomic E-state index is 12.3. The molecule has 1 aliphatic rings. The molecule has 3 rings (SSSR count). The second kappa shape index (κ2) is 6.54. The number of hydrogen-bond donors (Lipinski definition) is 2. The molecule has 126 valence electrons. The average molecular weight is 347 g/mol. The van der Waals surface area contributed by atoms with Crippen LogP contribution in [0.1, 0.15) is 23.3 Å². The molecule has 8 nitrogen and oxygen atoms in total. The van der Waals surface area contributed by atoms with Crippen LogP contribution in [0.15, 0.2) is 41.6 Å². The number of hydrogen-bond acceptors (Lipinski definition) is 6. The lowest BCUT2D eigenvalue weighted by atomic mass is 10.3. The summed E-state index contributed by atoms with van der Waals surface area (Å²) < 4.78 is 22.4. The van der Waals surface area contributed by atoms with Gasteiger partial charge in [-0.1, -0.05) is 0 Å². The predicted octanol–water partition coefficient (Wildman–Crippen LogP) is 0.976. The van der Waals surface area contributed by atoms with Crippen LogP contribution in [0.4, 0.5) is 11.5 Å². The highest BCUT2D eigenvalue weighted by Gasteiger charge is 2.16. The van der Waals surface area contributed by atoms with E-state index in [0.717, 1.165) is 31.7 Å². The molecule has 1 fully saturated rings. The van der Waals surface area contributed by atoms with E-state index in [9.17, 15) is 13.2 Å². The molecule has 3 N–H and O–H groups in total. The standard InChI is InChI=1S/C15H17N5O3S/c16-24(22,23)12-5-3-11(4-6-12)19-15(21)13-9-14(18-10-17-13)20-7-1-2-8-20/h3-6,9-10H,1-2,7-8H2,(H,19,21)(H2,16,22,23). The molecule has 0 bridgehead atoms. The number of benzene rings is 1. The van der Waals surface area contributed by atoms with Gasteiger partial charge in [0.05, 0.1) is 4.90 Å². The molecule has 0 aliphatic carbocycles. The van der Waals surface area contributed by atoms with Crippen molar-refractivity contribution in [2.75, 3.05) is 23.3 Å². The predicted molar refractivity (Wildman–Crippen MR) is 89.2 cm³/mol. The van der Waals surface area contributed by atoms with Crippen LogP contribution in [0.25, 0.3) is 0 Å². The van der Waals surface area contributed by atoms with Gasteiger partial charge in [0.15, 0.2) is 0 Å². The van der Waals surface area contributed by atoms with E-state index in [-0.39, 0.29) is 16.5 Å². The Kier molecular flexibility index (Phi) is 4.45. The Morgan fingerprint density at radius 3 is 2.42 bits per heavy atom. The highest BCUT2D eigenvalue weighted by Crippen LogP contribution is 2.18. The maximum atomic E-state index is 12.3. The van der Waals surface area contributed by atoms with Crippen LogP contribution in [0.3, 0.4) is 0 Å². The van der Waals surface area contributed by atoms with Gasteiger partial charge in [0, 0.05) is 24.8 Å². The monoisotopic (exact) mass is 347 g/mol. The van der Waals surface area contributed by atoms with Crippen LogP contribution < -0.4 is 15.4 Å². The molecule has 1 aliphatic heterocycles. The summed E-state index contributed by atoms with van der Waals surface area (Å²) in [6, 6.07) is 7.26. The van der Waals surface area contributed by atoms with Gasteiger partial charge in [0.25, 0.3) is 5.91 Å². The first-order valence-corrected chi connectivity index (χ1v) is 8.99. The summed E-state index contributed by atoms with van der Waals surface area (Å²) in [5.74, 6) is 0.346. The molecule has 1 amide bonds. The van der Waals surface area contributed by atoms with E-state index in [1.165, 1.54) is 30.6 Å². The lowest BCUT2D eigenvalue weighted by Gasteiger charge is -2.16. The van der Waals surface area contributed by atoms with Crippen molar-refractivity contribution >= 4 is 27.4 Å². The van der Waals surface area contributed by atoms with Crippen molar-refractivity contribution in [2.24, 2.45) is 5.14 Å². The molecule has 9 heteroatoms. The van der Waals surface area contributed by atoms with Crippen molar-refractivity contribution in [3.05, 3.63) is 42.4 Å². The zero-order valence-corrected chi connectivity index (χ0v) is 13.7. The Bertz CT molecular complexity index is 846. The smallest absolute Gasteiger partial charge is 0.274 e. The molecule has 24 heavy (non-hydrogen) atoms. The fourth-order valence-corrected chi connectivity index (χ4v) is 3.03. The molecule has 1 saturated heterocycles. The second-order valence-corrected chi connectivity index (χ2v) is 7.04. The Balaban J connectivity index is 1.74. The summed E-state index contributed by atoms with van der Waals surface area (Å²) in [7, 11) is -3.75. The number of carbonyl (C=O) groups excluding carboxylic acids is 1. The van der Waals surface area contributed by atoms with Gasteiger partial charge in [0.1, 0.15) is 17.8 Å². The first-order valence-electron chi connectivity index (χ1n) is 7.45. The summed E-state index contributed by atoms with van der Waals surface area (Å²) in [5, 5.41) is 7.71. The minimum Gasteiger partial charge on any atom is -0.357 e. The average Bonchev–Trinajstić information content (AvgIpc) is 3.09. The van der Waals surface area contributed by atoms with Crippen molar-refractivity contribution in [1.82, 2.24) is 9.97 Å². The SMILES string of the molecule is NS(=O)(=O)c1ccc(NC(=O)c2cc(N3CCCC3)ncn2)cc1. The van der Waals surface area contributed by atoms with E-state index in [0.29, 0.717) is 5.69 Å². The number of nitrogens with two attached hydrogens (primary N) is 1. The van der Waals surface area contributed by atoms with Crippen LogP contribution >= 0.6 is 0 Å². The van der Waals surface area contributed by atoms with Crippen molar-refractivity contribution in [3.63, 3.8) is 0 Å². The van der Waals surface area contributed by atoms with Crippen molar-refractivity contribution in [3.8, 4) is 0 Å². The molecule has 0 atom stereocenters. The molecule has 1 aromatic carbocycles. The van der Waals surface area contributed by atoms with Crippen LogP contribution in [-0.2, 0) is 10.0 Å². The normalized spacial score (nSPS) is 14.6. The van der Waals surface area contributed by atoms with Gasteiger partial charge in [-0.15, -0.1) is 0 Å². The van der Waals surface area contributed by atoms with Gasteiger partial charge in [0.2, 0.25) is 10.0 Å². The Morgan fingerprint density at radius 1 is 1.12 bits per heavy atom. The van der Waals surface area contributed by atoms with Crippen LogP contribution in [-0.4, -0.2) is 37.4 Å². The number of anilines is 2. The molecule has 0 unspecified atom stereocenters. The number of primary sulfonamides is 1. The minimum atomic E-state index is -3.75. The molecule has 2 heterocycles. The highest BCUT2D eigenvalue weighted by atomic mass is 32.2. The molecule has 2 aromatic rings. The number of sulfonamides is 1. The van der Waals surface area contributed by atoms with Crippen molar-refractivity contribution in [1.29, 1.82) is 0 Å². The van der Waals surface area contributed by atoms with Crippen LogP contribution in [0, 0.1) is 0 Å². The van der Waals surface area contributed by atoms with Gasteiger partial charge in [-0.25, -0.2) is 23.5 Å². The third kappa shape index (κ3) is 3.69. The van der Waals surface area contributed by atoms with E-state index in [1.807, 2.05) is 0 Å². The largest absolute Gasteiger partial charge is 0.357 e. The molecule has 1 aromatic heterocycles. The van der Waals surface area contributed by atoms with Gasteiger partial charge in [-0.3, -0.25) is 4.79 Å². The highest BCUT2D eigenvalue weighted by molar-refractivity contribution is 7.89. The Hall–Kier alpha value is -2.52. The summed E-state index contributed by atoms with van der Waals surface area (Å²) in [4.78, 5) is 22.6. The van der Waals surface area contributed by atoms with Crippen molar-refractivity contribution < 1.29 is 13.2 Å². The van der Waals surface area contributed by atoms with Gasteiger partial charge in [-0.05, 0) is 37.1 Å². The van der Waals surface area contributed by atoms with Gasteiger partial charge in [-0.2, -0.15) is 0 Å². The number of nitrogens with zero attached hydrogens (tertiary/aromatic N) is 3. The summed E-state index contributed by atoms with van der Waals surface area (Å²) in [6.07, 6.45) is 3.59. The quantitative estimate of drug-likeness (QED) is 0.851. The molecular formula is C15H17N5O3S. The zero-order chi connectivity index (χ0) is 17.2. The van der Waals surface area contributed by atoms with Gasteiger partial charge < -0.3 is 10.2 Å². The topological polar surface area (TPSA) is 118 Å². The number of aromatic nitrogens is 2. The molecular weight excluding hydrogens is 330 g/mol. The molecule has 0 saturated carbocycles. The van der Waals surface area contributed by atoms with Crippen LogP contribution in [0.2, 0.25) is 0 Å². The second-order valence-electron chi connectivity index (χ2n) is 5.48. The van der Waals surface area contributed by atoms with E-state index in [2.05, 4.69) is 20.2 Å². The van der Waals surface area contributed by atoms with Gasteiger partial charge >= 0.3 is 0 Å². The third-order valence-corrected chi connectivity index (χ3v) is 4.69. The van der Waals surface area contributed by atoms with E-state index < -0.39 is 10.0 Å². The number of rotatable bonds is 4. The number of amides is 1. The Morgan fingerprint density at radius 2 is 1.79 bits per heavy atom. The summed E-state index contributed by atoms with van der Waals surface area (Å²) in [5.41, 5.74) is 0.705. The van der Waals surface area contributed by atoms with E-state index in [1.54, 1.807) is 6.07 Å². The lowest BCUT2D eigenvalue weighted by molar-refractivity contribution is 0.102. The van der Waals surface area contributed by atoms with E-state index >= 15 is 0 Å². The third-order valence-electron chi connectivity index (χ3n) is 3.76. The molecule has 0 radical (unpaired) electrons. The van der Waals surface area contributed by atoms with Crippen LogP contribution in [0.5, 0.6) is 0 Å².